The first-order chi connectivity index (χ1) is 11.8. The van der Waals surface area contributed by atoms with Crippen LogP contribution in [-0.2, 0) is 4.74 Å². The minimum Gasteiger partial charge on any atom is -0.378 e. The smallest absolute Gasteiger partial charge is 0.134 e. The minimum absolute atomic E-state index is 0.489. The molecule has 126 valence electrons. The predicted octanol–water partition coefficient (Wildman–Crippen LogP) is 2.70. The molecule has 0 radical (unpaired) electrons. The standard InChI is InChI=1S/C19H24N4O/c1-15-11-17(16-5-3-2-4-6-16)13-23(15)19-12-18(20-14-21-19)22-7-9-24-10-8-22/h2-6,12,14-15,17H,7-11,13H2,1H3/t15-,17+/m0/s1. The maximum atomic E-state index is 5.44. The molecule has 5 nitrogen and oxygen atoms in total. The largest absolute Gasteiger partial charge is 0.378 e. The summed E-state index contributed by atoms with van der Waals surface area (Å²) in [4.78, 5) is 13.7. The number of anilines is 2. The number of hydrogen-bond acceptors (Lipinski definition) is 5. The summed E-state index contributed by atoms with van der Waals surface area (Å²) in [5.74, 6) is 2.62. The Hall–Kier alpha value is -2.14. The molecule has 4 rings (SSSR count). The van der Waals surface area contributed by atoms with Crippen molar-refractivity contribution in [2.24, 2.45) is 0 Å². The highest BCUT2D eigenvalue weighted by atomic mass is 16.5. The highest BCUT2D eigenvalue weighted by Gasteiger charge is 2.31. The van der Waals surface area contributed by atoms with Gasteiger partial charge in [0.25, 0.3) is 0 Å². The summed E-state index contributed by atoms with van der Waals surface area (Å²) in [7, 11) is 0. The van der Waals surface area contributed by atoms with Crippen molar-refractivity contribution in [2.75, 3.05) is 42.6 Å². The van der Waals surface area contributed by atoms with Crippen LogP contribution in [0.15, 0.2) is 42.7 Å². The lowest BCUT2D eigenvalue weighted by molar-refractivity contribution is 0.122. The molecule has 24 heavy (non-hydrogen) atoms. The van der Waals surface area contributed by atoms with Gasteiger partial charge < -0.3 is 14.5 Å². The summed E-state index contributed by atoms with van der Waals surface area (Å²) >= 11 is 0. The molecule has 2 aliphatic rings. The maximum absolute atomic E-state index is 5.44. The normalized spacial score (nSPS) is 24.4. The summed E-state index contributed by atoms with van der Waals surface area (Å²) in [6.07, 6.45) is 2.86. The van der Waals surface area contributed by atoms with Crippen molar-refractivity contribution in [2.45, 2.75) is 25.3 Å². The molecule has 0 N–H and O–H groups in total. The highest BCUT2D eigenvalue weighted by Crippen LogP contribution is 2.34. The summed E-state index contributed by atoms with van der Waals surface area (Å²) in [5.41, 5.74) is 1.43. The Morgan fingerprint density at radius 2 is 1.79 bits per heavy atom. The molecule has 5 heteroatoms. The second-order valence-electron chi connectivity index (χ2n) is 6.68. The van der Waals surface area contributed by atoms with Crippen molar-refractivity contribution >= 4 is 11.6 Å². The van der Waals surface area contributed by atoms with Crippen LogP contribution in [0, 0.1) is 0 Å². The van der Waals surface area contributed by atoms with E-state index in [0.717, 1.165) is 44.5 Å². The molecular weight excluding hydrogens is 300 g/mol. The number of nitrogens with zero attached hydrogens (tertiary/aromatic N) is 4. The second-order valence-corrected chi connectivity index (χ2v) is 6.68. The van der Waals surface area contributed by atoms with E-state index in [1.807, 2.05) is 0 Å². The van der Waals surface area contributed by atoms with E-state index >= 15 is 0 Å². The van der Waals surface area contributed by atoms with Crippen molar-refractivity contribution < 1.29 is 4.74 Å². The minimum atomic E-state index is 0.489. The van der Waals surface area contributed by atoms with Gasteiger partial charge in [0.1, 0.15) is 18.0 Å². The lowest BCUT2D eigenvalue weighted by Gasteiger charge is -2.29. The van der Waals surface area contributed by atoms with E-state index in [4.69, 9.17) is 4.74 Å². The third-order valence-corrected chi connectivity index (χ3v) is 5.11. The number of hydrogen-bond donors (Lipinski definition) is 0. The molecule has 0 spiro atoms. The van der Waals surface area contributed by atoms with Crippen molar-refractivity contribution in [3.8, 4) is 0 Å². The van der Waals surface area contributed by atoms with E-state index in [-0.39, 0.29) is 0 Å². The third-order valence-electron chi connectivity index (χ3n) is 5.11. The average Bonchev–Trinajstić information content (AvgIpc) is 3.05. The lowest BCUT2D eigenvalue weighted by Crippen LogP contribution is -2.37. The Labute approximate surface area is 143 Å². The van der Waals surface area contributed by atoms with Gasteiger partial charge in [-0.1, -0.05) is 30.3 Å². The highest BCUT2D eigenvalue weighted by molar-refractivity contribution is 5.52. The fraction of sp³-hybridized carbons (Fsp3) is 0.474. The average molecular weight is 324 g/mol. The van der Waals surface area contributed by atoms with E-state index in [9.17, 15) is 0 Å². The molecule has 2 aromatic rings. The summed E-state index contributed by atoms with van der Waals surface area (Å²) < 4.78 is 5.44. The van der Waals surface area contributed by atoms with Crippen LogP contribution >= 0.6 is 0 Å². The van der Waals surface area contributed by atoms with Gasteiger partial charge >= 0.3 is 0 Å². The zero-order valence-corrected chi connectivity index (χ0v) is 14.1. The number of morpholine rings is 1. The van der Waals surface area contributed by atoms with E-state index < -0.39 is 0 Å². The van der Waals surface area contributed by atoms with Crippen LogP contribution in [0.4, 0.5) is 11.6 Å². The van der Waals surface area contributed by atoms with Crippen molar-refractivity contribution in [3.63, 3.8) is 0 Å². The van der Waals surface area contributed by atoms with Crippen LogP contribution < -0.4 is 9.80 Å². The van der Waals surface area contributed by atoms with Crippen LogP contribution in [0.2, 0.25) is 0 Å². The summed E-state index contributed by atoms with van der Waals surface area (Å²) in [6.45, 7) is 6.66. The molecule has 0 amide bonds. The number of ether oxygens (including phenoxy) is 1. The first kappa shape index (κ1) is 15.4. The van der Waals surface area contributed by atoms with Crippen molar-refractivity contribution in [1.82, 2.24) is 9.97 Å². The Morgan fingerprint density at radius 1 is 1.04 bits per heavy atom. The van der Waals surface area contributed by atoms with Gasteiger partial charge in [-0.05, 0) is 18.9 Å². The fourth-order valence-corrected chi connectivity index (χ4v) is 3.78. The molecule has 2 saturated heterocycles. The van der Waals surface area contributed by atoms with Gasteiger partial charge in [0.05, 0.1) is 13.2 Å². The molecule has 0 unspecified atom stereocenters. The van der Waals surface area contributed by atoms with Crippen LogP contribution in [0.5, 0.6) is 0 Å². The third kappa shape index (κ3) is 3.08. The van der Waals surface area contributed by atoms with E-state index in [1.54, 1.807) is 6.33 Å². The van der Waals surface area contributed by atoms with E-state index in [1.165, 1.54) is 12.0 Å². The van der Waals surface area contributed by atoms with Crippen LogP contribution in [-0.4, -0.2) is 48.9 Å². The molecule has 2 atom stereocenters. The zero-order valence-electron chi connectivity index (χ0n) is 14.1. The first-order valence-electron chi connectivity index (χ1n) is 8.77. The Balaban J connectivity index is 1.53. The molecule has 0 saturated carbocycles. The quantitative estimate of drug-likeness (QED) is 0.868. The summed E-state index contributed by atoms with van der Waals surface area (Å²) in [5, 5.41) is 0. The Morgan fingerprint density at radius 3 is 2.58 bits per heavy atom. The number of rotatable bonds is 3. The summed E-state index contributed by atoms with van der Waals surface area (Å²) in [6, 6.07) is 13.4. The van der Waals surface area contributed by atoms with Crippen LogP contribution in [0.25, 0.3) is 0 Å². The molecule has 2 aliphatic heterocycles. The van der Waals surface area contributed by atoms with Crippen LogP contribution in [0.1, 0.15) is 24.8 Å². The fourth-order valence-electron chi connectivity index (χ4n) is 3.78. The second kappa shape index (κ2) is 6.77. The molecular formula is C19H24N4O. The maximum Gasteiger partial charge on any atom is 0.134 e. The first-order valence-corrected chi connectivity index (χ1v) is 8.77. The SMILES string of the molecule is C[C@H]1C[C@@H](c2ccccc2)CN1c1cc(N2CCOCC2)ncn1. The molecule has 1 aromatic carbocycles. The topological polar surface area (TPSA) is 41.5 Å². The lowest BCUT2D eigenvalue weighted by atomic mass is 9.97. The molecule has 0 bridgehead atoms. The van der Waals surface area contributed by atoms with E-state index in [0.29, 0.717) is 12.0 Å². The van der Waals surface area contributed by atoms with Gasteiger partial charge in [-0.15, -0.1) is 0 Å². The van der Waals surface area contributed by atoms with Gasteiger partial charge in [0.2, 0.25) is 0 Å². The molecule has 3 heterocycles. The molecule has 0 aliphatic carbocycles. The van der Waals surface area contributed by atoms with Crippen molar-refractivity contribution in [1.29, 1.82) is 0 Å². The van der Waals surface area contributed by atoms with Gasteiger partial charge in [-0.3, -0.25) is 0 Å². The number of benzene rings is 1. The zero-order chi connectivity index (χ0) is 16.4. The Kier molecular flexibility index (Phi) is 4.34. The predicted molar refractivity (Wildman–Crippen MR) is 95.7 cm³/mol. The Bertz CT molecular complexity index is 672. The number of aromatic nitrogens is 2. The molecule has 2 fully saturated rings. The van der Waals surface area contributed by atoms with Gasteiger partial charge in [-0.25, -0.2) is 9.97 Å². The van der Waals surface area contributed by atoms with Crippen LogP contribution in [0.3, 0.4) is 0 Å². The van der Waals surface area contributed by atoms with Gasteiger partial charge in [-0.2, -0.15) is 0 Å². The van der Waals surface area contributed by atoms with Gasteiger partial charge in [0.15, 0.2) is 0 Å². The van der Waals surface area contributed by atoms with E-state index in [2.05, 4.69) is 63.1 Å². The molecule has 1 aromatic heterocycles. The monoisotopic (exact) mass is 324 g/mol. The van der Waals surface area contributed by atoms with Crippen molar-refractivity contribution in [3.05, 3.63) is 48.3 Å². The van der Waals surface area contributed by atoms with Gasteiger partial charge in [0, 0.05) is 37.7 Å².